The third kappa shape index (κ3) is 3.40. The van der Waals surface area contributed by atoms with E-state index in [0.29, 0.717) is 11.1 Å². The highest BCUT2D eigenvalue weighted by Crippen LogP contribution is 2.56. The van der Waals surface area contributed by atoms with Gasteiger partial charge >= 0.3 is 0 Å². The fourth-order valence-electron chi connectivity index (χ4n) is 4.09. The lowest BCUT2D eigenvalue weighted by Gasteiger charge is -2.39. The van der Waals surface area contributed by atoms with Crippen LogP contribution in [0.2, 0.25) is 0 Å². The van der Waals surface area contributed by atoms with Crippen molar-refractivity contribution in [2.75, 3.05) is 0 Å². The van der Waals surface area contributed by atoms with E-state index in [1.54, 1.807) is 12.1 Å². The average Bonchev–Trinajstić information content (AvgIpc) is 2.86. The zero-order valence-electron chi connectivity index (χ0n) is 17.7. The molecule has 0 fully saturated rings. The van der Waals surface area contributed by atoms with Crippen molar-refractivity contribution >= 4 is 32.0 Å². The second-order valence-corrected chi connectivity index (χ2v) is 12.2. The van der Waals surface area contributed by atoms with Gasteiger partial charge in [0.15, 0.2) is 0 Å². The predicted molar refractivity (Wildman–Crippen MR) is 122 cm³/mol. The smallest absolute Gasteiger partial charge is 0.126 e. The summed E-state index contributed by atoms with van der Waals surface area (Å²) in [7, 11) is 0.360. The molecule has 0 saturated carbocycles. The van der Waals surface area contributed by atoms with Gasteiger partial charge in [0.2, 0.25) is 0 Å². The van der Waals surface area contributed by atoms with E-state index in [0.717, 1.165) is 10.6 Å². The quantitative estimate of drug-likeness (QED) is 0.490. The van der Waals surface area contributed by atoms with Gasteiger partial charge in [0.1, 0.15) is 11.6 Å². The number of hydrogen-bond acceptors (Lipinski definition) is 0. The lowest BCUT2D eigenvalue weighted by molar-refractivity contribution is 0.620. The average molecular weight is 416 g/mol. The number of allylic oxidation sites excluding steroid dienone is 2. The van der Waals surface area contributed by atoms with Gasteiger partial charge in [-0.1, -0.05) is 45.0 Å². The summed E-state index contributed by atoms with van der Waals surface area (Å²) < 4.78 is 29.0. The minimum absolute atomic E-state index is 0.0443. The van der Waals surface area contributed by atoms with E-state index in [2.05, 4.69) is 34.6 Å². The fraction of sp³-hybridized carbons (Fsp3) is 0.375. The van der Waals surface area contributed by atoms with E-state index in [9.17, 15) is 8.78 Å². The van der Waals surface area contributed by atoms with Crippen molar-refractivity contribution in [2.45, 2.75) is 59.3 Å². The van der Waals surface area contributed by atoms with Gasteiger partial charge < -0.3 is 0 Å². The first kappa shape index (κ1) is 21.4. The molecule has 0 radical (unpaired) electrons. The molecule has 1 heterocycles. The van der Waals surface area contributed by atoms with Crippen LogP contribution in [-0.4, -0.2) is 16.1 Å². The standard InChI is InChI=1S/C24H28F2P2/c1-14-17(4)24(7,27-18(14)5)19(6)28(22-12-8-10-20(25)15(22)2)23-13-9-11-21(26)16(23)3/h8-13,19H,1-7H3. The van der Waals surface area contributed by atoms with Crippen molar-refractivity contribution in [3.05, 3.63) is 70.3 Å². The third-order valence-electron chi connectivity index (χ3n) is 6.46. The second kappa shape index (κ2) is 7.81. The topological polar surface area (TPSA) is 0 Å². The Kier molecular flexibility index (Phi) is 5.96. The van der Waals surface area contributed by atoms with E-state index in [-0.39, 0.29) is 22.4 Å². The molecule has 2 aromatic carbocycles. The number of halogens is 2. The Morgan fingerprint density at radius 2 is 1.32 bits per heavy atom. The molecule has 2 atom stereocenters. The molecule has 4 heteroatoms. The minimum atomic E-state index is -0.945. The van der Waals surface area contributed by atoms with Crippen LogP contribution >= 0.6 is 16.1 Å². The summed E-state index contributed by atoms with van der Waals surface area (Å²) in [6.07, 6.45) is 0. The maximum Gasteiger partial charge on any atom is 0.126 e. The molecular weight excluding hydrogens is 388 g/mol. The summed E-state index contributed by atoms with van der Waals surface area (Å²) in [5.41, 5.74) is 4.37. The molecule has 2 aromatic rings. The Labute approximate surface area is 170 Å². The summed E-state index contributed by atoms with van der Waals surface area (Å²) in [5, 5.41) is 3.39. The highest BCUT2D eigenvalue weighted by Gasteiger charge is 2.42. The van der Waals surface area contributed by atoms with Crippen LogP contribution < -0.4 is 10.6 Å². The van der Waals surface area contributed by atoms with Crippen LogP contribution in [0.5, 0.6) is 0 Å². The normalized spacial score (nSPS) is 21.3. The zero-order chi connectivity index (χ0) is 20.8. The van der Waals surface area contributed by atoms with E-state index in [4.69, 9.17) is 0 Å². The molecule has 2 unspecified atom stereocenters. The Balaban J connectivity index is 2.26. The van der Waals surface area contributed by atoms with E-state index in [1.807, 2.05) is 26.0 Å². The molecule has 3 rings (SSSR count). The first-order valence-electron chi connectivity index (χ1n) is 9.63. The Bertz CT molecular complexity index is 939. The summed E-state index contributed by atoms with van der Waals surface area (Å²) in [6.45, 7) is 14.9. The summed E-state index contributed by atoms with van der Waals surface area (Å²) in [4.78, 5) is 0. The van der Waals surface area contributed by atoms with Crippen molar-refractivity contribution in [2.24, 2.45) is 0 Å². The molecule has 0 saturated heterocycles. The monoisotopic (exact) mass is 416 g/mol. The molecule has 0 aliphatic carbocycles. The minimum Gasteiger partial charge on any atom is -0.207 e. The molecule has 0 bridgehead atoms. The second-order valence-electron chi connectivity index (χ2n) is 7.91. The lowest BCUT2D eigenvalue weighted by atomic mass is 9.93. The molecular formula is C24H28F2P2. The molecule has 1 aliphatic rings. The summed E-state index contributed by atoms with van der Waals surface area (Å²) >= 11 is 0. The molecule has 28 heavy (non-hydrogen) atoms. The number of hydrogen-bond donors (Lipinski definition) is 0. The van der Waals surface area contributed by atoms with Gasteiger partial charge in [0.05, 0.1) is 0 Å². The Hall–Kier alpha value is -1.36. The summed E-state index contributed by atoms with van der Waals surface area (Å²) in [6, 6.07) is 10.7. The molecule has 1 aliphatic heterocycles. The van der Waals surface area contributed by atoms with Gasteiger partial charge in [-0.25, -0.2) is 8.78 Å². The maximum absolute atomic E-state index is 14.5. The van der Waals surface area contributed by atoms with Gasteiger partial charge in [0, 0.05) is 10.8 Å². The van der Waals surface area contributed by atoms with Crippen LogP contribution in [-0.2, 0) is 0 Å². The van der Waals surface area contributed by atoms with Crippen molar-refractivity contribution in [1.29, 1.82) is 0 Å². The van der Waals surface area contributed by atoms with E-state index >= 15 is 0 Å². The first-order valence-corrected chi connectivity index (χ1v) is 11.9. The molecule has 0 N–H and O–H groups in total. The lowest BCUT2D eigenvalue weighted by Crippen LogP contribution is -2.37. The molecule has 148 valence electrons. The SMILES string of the molecule is CC1=PC(C)(C(C)P(c2cccc(F)c2C)c2cccc(F)c2C)C(C)=C1C. The van der Waals surface area contributed by atoms with Crippen LogP contribution in [0.15, 0.2) is 47.5 Å². The van der Waals surface area contributed by atoms with Crippen molar-refractivity contribution in [1.82, 2.24) is 0 Å². The largest absolute Gasteiger partial charge is 0.207 e. The van der Waals surface area contributed by atoms with Crippen molar-refractivity contribution in [3.63, 3.8) is 0 Å². The van der Waals surface area contributed by atoms with Crippen molar-refractivity contribution < 1.29 is 8.78 Å². The predicted octanol–water partition coefficient (Wildman–Crippen LogP) is 6.65. The van der Waals surface area contributed by atoms with Crippen LogP contribution in [0.1, 0.15) is 45.7 Å². The molecule has 0 amide bonds. The van der Waals surface area contributed by atoms with Crippen LogP contribution in [0.4, 0.5) is 8.78 Å². The van der Waals surface area contributed by atoms with Crippen LogP contribution in [0.3, 0.4) is 0 Å². The molecule has 0 spiro atoms. The van der Waals surface area contributed by atoms with E-state index in [1.165, 1.54) is 36.8 Å². The zero-order valence-corrected chi connectivity index (χ0v) is 19.5. The van der Waals surface area contributed by atoms with Gasteiger partial charge in [-0.3, -0.25) is 0 Å². The Morgan fingerprint density at radius 3 is 1.71 bits per heavy atom. The van der Waals surface area contributed by atoms with Gasteiger partial charge in [0.25, 0.3) is 0 Å². The van der Waals surface area contributed by atoms with Crippen LogP contribution in [0.25, 0.3) is 0 Å². The third-order valence-corrected chi connectivity index (χ3v) is 11.8. The van der Waals surface area contributed by atoms with Gasteiger partial charge in [-0.15, -0.1) is 0 Å². The summed E-state index contributed by atoms with van der Waals surface area (Å²) in [5.74, 6) is -0.377. The maximum atomic E-state index is 14.5. The van der Waals surface area contributed by atoms with E-state index < -0.39 is 7.92 Å². The fourth-order valence-corrected chi connectivity index (χ4v) is 9.38. The molecule has 0 aromatic heterocycles. The van der Waals surface area contributed by atoms with Gasteiger partial charge in [-0.2, -0.15) is 0 Å². The van der Waals surface area contributed by atoms with Crippen LogP contribution in [0, 0.1) is 25.5 Å². The Morgan fingerprint density at radius 1 is 0.857 bits per heavy atom. The molecule has 0 nitrogen and oxygen atoms in total. The number of rotatable bonds is 4. The van der Waals surface area contributed by atoms with Crippen molar-refractivity contribution in [3.8, 4) is 0 Å². The highest BCUT2D eigenvalue weighted by molar-refractivity contribution is 7.74. The highest BCUT2D eigenvalue weighted by atomic mass is 31.1. The first-order chi connectivity index (χ1) is 13.1. The van der Waals surface area contributed by atoms with Gasteiger partial charge in [-0.05, 0) is 94.2 Å². The number of benzene rings is 2.